The first-order valence-electron chi connectivity index (χ1n) is 8.47. The summed E-state index contributed by atoms with van der Waals surface area (Å²) in [6, 6.07) is 20.2. The molecule has 0 bridgehead atoms. The van der Waals surface area contributed by atoms with Crippen LogP contribution in [0.4, 0.5) is 0 Å². The Labute approximate surface area is 145 Å². The van der Waals surface area contributed by atoms with E-state index in [9.17, 15) is 4.79 Å². The van der Waals surface area contributed by atoms with Crippen LogP contribution in [0.2, 0.25) is 0 Å². The van der Waals surface area contributed by atoms with Crippen molar-refractivity contribution in [2.45, 2.75) is 31.7 Å². The van der Waals surface area contributed by atoms with E-state index in [1.165, 1.54) is 0 Å². The summed E-state index contributed by atoms with van der Waals surface area (Å²) in [7, 11) is 4.08. The second-order valence-electron chi connectivity index (χ2n) is 6.37. The van der Waals surface area contributed by atoms with E-state index in [4.69, 9.17) is 4.74 Å². The summed E-state index contributed by atoms with van der Waals surface area (Å²) in [4.78, 5) is 15.3. The molecule has 0 amide bonds. The Balaban J connectivity index is 2.65. The van der Waals surface area contributed by atoms with Crippen molar-refractivity contribution in [1.82, 2.24) is 4.90 Å². The Morgan fingerprint density at radius 2 is 1.46 bits per heavy atom. The monoisotopic (exact) mass is 325 g/mol. The number of benzene rings is 2. The van der Waals surface area contributed by atoms with Crippen LogP contribution < -0.4 is 0 Å². The van der Waals surface area contributed by atoms with E-state index in [0.717, 1.165) is 11.1 Å². The van der Waals surface area contributed by atoms with Crippen LogP contribution >= 0.6 is 0 Å². The minimum atomic E-state index is -0.803. The van der Waals surface area contributed by atoms with Gasteiger partial charge in [0.1, 0.15) is 5.41 Å². The molecule has 2 aromatic carbocycles. The number of ether oxygens (including phenoxy) is 1. The van der Waals surface area contributed by atoms with Crippen molar-refractivity contribution in [3.8, 4) is 0 Å². The second-order valence-corrected chi connectivity index (χ2v) is 6.37. The lowest BCUT2D eigenvalue weighted by molar-refractivity contribution is -0.149. The van der Waals surface area contributed by atoms with E-state index in [1.807, 2.05) is 81.7 Å². The van der Waals surface area contributed by atoms with Crippen LogP contribution in [0.3, 0.4) is 0 Å². The van der Waals surface area contributed by atoms with Gasteiger partial charge in [0, 0.05) is 6.04 Å². The molecule has 0 aliphatic heterocycles. The zero-order valence-corrected chi connectivity index (χ0v) is 15.0. The highest BCUT2D eigenvalue weighted by Crippen LogP contribution is 2.39. The lowest BCUT2D eigenvalue weighted by Crippen LogP contribution is -2.44. The summed E-state index contributed by atoms with van der Waals surface area (Å²) in [6.07, 6.45) is 0.660. The molecule has 0 saturated heterocycles. The van der Waals surface area contributed by atoms with E-state index in [0.29, 0.717) is 13.0 Å². The van der Waals surface area contributed by atoms with Gasteiger partial charge in [-0.15, -0.1) is 0 Å². The van der Waals surface area contributed by atoms with Crippen molar-refractivity contribution in [1.29, 1.82) is 0 Å². The number of carbonyl (C=O) groups is 1. The number of esters is 1. The molecule has 2 rings (SSSR count). The second kappa shape index (κ2) is 8.11. The quantitative estimate of drug-likeness (QED) is 0.724. The molecular weight excluding hydrogens is 298 g/mol. The van der Waals surface area contributed by atoms with Crippen LogP contribution in [0.5, 0.6) is 0 Å². The fourth-order valence-corrected chi connectivity index (χ4v) is 3.05. The highest BCUT2D eigenvalue weighted by Gasteiger charge is 2.44. The van der Waals surface area contributed by atoms with Gasteiger partial charge in [-0.05, 0) is 45.5 Å². The van der Waals surface area contributed by atoms with Crippen molar-refractivity contribution in [3.63, 3.8) is 0 Å². The highest BCUT2D eigenvalue weighted by molar-refractivity contribution is 5.87. The fourth-order valence-electron chi connectivity index (χ4n) is 3.05. The molecule has 0 fully saturated rings. The molecular formula is C21H27NO2. The summed E-state index contributed by atoms with van der Waals surface area (Å²) >= 11 is 0. The summed E-state index contributed by atoms with van der Waals surface area (Å²) in [5.41, 5.74) is 1.15. The minimum Gasteiger partial charge on any atom is -0.465 e. The highest BCUT2D eigenvalue weighted by atomic mass is 16.5. The number of hydrogen-bond donors (Lipinski definition) is 0. The average Bonchev–Trinajstić information content (AvgIpc) is 2.61. The van der Waals surface area contributed by atoms with E-state index in [1.54, 1.807) is 0 Å². The molecule has 128 valence electrons. The average molecular weight is 325 g/mol. The molecule has 3 heteroatoms. The number of rotatable bonds is 7. The SMILES string of the molecule is CCOC(=O)C(CC(C)N(C)C)(c1ccccc1)c1ccccc1. The third-order valence-corrected chi connectivity index (χ3v) is 4.64. The third-order valence-electron chi connectivity index (χ3n) is 4.64. The molecule has 0 N–H and O–H groups in total. The van der Waals surface area contributed by atoms with Crippen molar-refractivity contribution >= 4 is 5.97 Å². The largest absolute Gasteiger partial charge is 0.465 e. The Kier molecular flexibility index (Phi) is 6.16. The number of carbonyl (C=O) groups excluding carboxylic acids is 1. The predicted octanol–water partition coefficient (Wildman–Crippen LogP) is 3.88. The van der Waals surface area contributed by atoms with Gasteiger partial charge < -0.3 is 9.64 Å². The standard InChI is InChI=1S/C21H27NO2/c1-5-24-20(23)21(16-17(2)22(3)4,18-12-8-6-9-13-18)19-14-10-7-11-15-19/h6-15,17H,5,16H2,1-4H3. The first-order chi connectivity index (χ1) is 11.5. The summed E-state index contributed by atoms with van der Waals surface area (Å²) in [5, 5.41) is 0. The third kappa shape index (κ3) is 3.68. The minimum absolute atomic E-state index is 0.184. The van der Waals surface area contributed by atoms with E-state index in [-0.39, 0.29) is 12.0 Å². The van der Waals surface area contributed by atoms with E-state index < -0.39 is 5.41 Å². The van der Waals surface area contributed by atoms with Crippen LogP contribution in [0.25, 0.3) is 0 Å². The fraction of sp³-hybridized carbons (Fsp3) is 0.381. The van der Waals surface area contributed by atoms with Crippen LogP contribution in [0, 0.1) is 0 Å². The topological polar surface area (TPSA) is 29.5 Å². The van der Waals surface area contributed by atoms with Crippen molar-refractivity contribution in [2.24, 2.45) is 0 Å². The van der Waals surface area contributed by atoms with Gasteiger partial charge in [-0.25, -0.2) is 0 Å². The van der Waals surface area contributed by atoms with Crippen LogP contribution in [-0.2, 0) is 14.9 Å². The Morgan fingerprint density at radius 3 is 1.83 bits per heavy atom. The first-order valence-corrected chi connectivity index (χ1v) is 8.47. The van der Waals surface area contributed by atoms with E-state index >= 15 is 0 Å². The molecule has 0 aromatic heterocycles. The maximum Gasteiger partial charge on any atom is 0.321 e. The Bertz CT molecular complexity index is 598. The van der Waals surface area contributed by atoms with Crippen LogP contribution in [0.15, 0.2) is 60.7 Å². The molecule has 0 aliphatic rings. The molecule has 0 aliphatic carbocycles. The van der Waals surface area contributed by atoms with Gasteiger partial charge in [0.15, 0.2) is 0 Å². The van der Waals surface area contributed by atoms with E-state index in [2.05, 4.69) is 11.8 Å². The van der Waals surface area contributed by atoms with Crippen molar-refractivity contribution in [3.05, 3.63) is 71.8 Å². The zero-order chi connectivity index (χ0) is 17.6. The number of hydrogen-bond acceptors (Lipinski definition) is 3. The first kappa shape index (κ1) is 18.2. The summed E-state index contributed by atoms with van der Waals surface area (Å²) in [6.45, 7) is 4.37. The Morgan fingerprint density at radius 1 is 1.00 bits per heavy atom. The summed E-state index contributed by atoms with van der Waals surface area (Å²) in [5.74, 6) is -0.184. The van der Waals surface area contributed by atoms with Crippen LogP contribution in [-0.4, -0.2) is 37.6 Å². The van der Waals surface area contributed by atoms with Gasteiger partial charge in [0.05, 0.1) is 6.61 Å². The molecule has 0 spiro atoms. The van der Waals surface area contributed by atoms with Gasteiger partial charge in [-0.2, -0.15) is 0 Å². The molecule has 0 saturated carbocycles. The van der Waals surface area contributed by atoms with Gasteiger partial charge in [0.25, 0.3) is 0 Å². The Hall–Kier alpha value is -2.13. The zero-order valence-electron chi connectivity index (χ0n) is 15.0. The molecule has 3 nitrogen and oxygen atoms in total. The molecule has 1 atom stereocenters. The van der Waals surface area contributed by atoms with Gasteiger partial charge >= 0.3 is 5.97 Å². The van der Waals surface area contributed by atoms with Crippen LogP contribution in [0.1, 0.15) is 31.4 Å². The normalized spacial score (nSPS) is 12.9. The molecule has 0 heterocycles. The molecule has 24 heavy (non-hydrogen) atoms. The number of nitrogens with zero attached hydrogens (tertiary/aromatic N) is 1. The van der Waals surface area contributed by atoms with Gasteiger partial charge in [-0.3, -0.25) is 4.79 Å². The van der Waals surface area contributed by atoms with Crippen molar-refractivity contribution in [2.75, 3.05) is 20.7 Å². The predicted molar refractivity (Wildman–Crippen MR) is 98.1 cm³/mol. The maximum absolute atomic E-state index is 13.2. The van der Waals surface area contributed by atoms with Crippen molar-refractivity contribution < 1.29 is 9.53 Å². The lowest BCUT2D eigenvalue weighted by Gasteiger charge is -2.36. The summed E-state index contributed by atoms with van der Waals surface area (Å²) < 4.78 is 5.54. The molecule has 1 unspecified atom stereocenters. The maximum atomic E-state index is 13.2. The molecule has 0 radical (unpaired) electrons. The van der Waals surface area contributed by atoms with Gasteiger partial charge in [0.2, 0.25) is 0 Å². The smallest absolute Gasteiger partial charge is 0.321 e. The van der Waals surface area contributed by atoms with Gasteiger partial charge in [-0.1, -0.05) is 60.7 Å². The molecule has 2 aromatic rings. The lowest BCUT2D eigenvalue weighted by atomic mass is 9.70.